The van der Waals surface area contributed by atoms with Gasteiger partial charge in [0, 0.05) is 38.1 Å². The molecule has 8 nitrogen and oxygen atoms in total. The summed E-state index contributed by atoms with van der Waals surface area (Å²) in [6.45, 7) is 7.06. The number of hydrogen-bond acceptors (Lipinski definition) is 6. The molecule has 0 aromatic heterocycles. The number of rotatable bonds is 21. The van der Waals surface area contributed by atoms with Crippen LogP contribution in [0.5, 0.6) is 5.75 Å². The van der Waals surface area contributed by atoms with Gasteiger partial charge < -0.3 is 29.9 Å². The van der Waals surface area contributed by atoms with Crippen LogP contribution in [-0.2, 0) is 14.3 Å². The number of halogens is 1. The minimum atomic E-state index is -1.02. The summed E-state index contributed by atoms with van der Waals surface area (Å²) in [6, 6.07) is 6.88. The van der Waals surface area contributed by atoms with Crippen molar-refractivity contribution in [1.29, 1.82) is 0 Å². The van der Waals surface area contributed by atoms with Gasteiger partial charge >= 0.3 is 0 Å². The zero-order valence-corrected chi connectivity index (χ0v) is 28.0. The minimum Gasteiger partial charge on any atom is -0.482 e. The van der Waals surface area contributed by atoms with Gasteiger partial charge in [0.1, 0.15) is 18.0 Å². The summed E-state index contributed by atoms with van der Waals surface area (Å²) >= 11 is 2.18. The summed E-state index contributed by atoms with van der Waals surface area (Å²) in [5, 5.41) is 23.5. The van der Waals surface area contributed by atoms with Crippen LogP contribution in [0, 0.1) is 3.57 Å². The molecule has 238 valence electrons. The molecule has 1 aliphatic rings. The van der Waals surface area contributed by atoms with E-state index in [1.807, 2.05) is 38.1 Å². The first kappa shape index (κ1) is 36.5. The summed E-state index contributed by atoms with van der Waals surface area (Å²) in [7, 11) is 0. The van der Waals surface area contributed by atoms with Crippen LogP contribution in [0.15, 0.2) is 35.9 Å². The topological polar surface area (TPSA) is 108 Å². The highest BCUT2D eigenvalue weighted by atomic mass is 127. The molecule has 0 heterocycles. The van der Waals surface area contributed by atoms with Crippen LogP contribution in [0.3, 0.4) is 0 Å². The van der Waals surface area contributed by atoms with Gasteiger partial charge in [0.05, 0.1) is 22.3 Å². The predicted molar refractivity (Wildman–Crippen MR) is 175 cm³/mol. The number of hydrogen-bond donors (Lipinski definition) is 3. The molecule has 0 saturated heterocycles. The fourth-order valence-corrected chi connectivity index (χ4v) is 5.74. The Balaban J connectivity index is 2.16. The number of aliphatic hydroxyl groups excluding tert-OH is 2. The first-order valence-corrected chi connectivity index (χ1v) is 17.0. The Morgan fingerprint density at radius 3 is 2.36 bits per heavy atom. The fraction of sp³-hybridized carbons (Fsp3) is 0.697. The van der Waals surface area contributed by atoms with Gasteiger partial charge in [0.25, 0.3) is 0 Å². The summed E-state index contributed by atoms with van der Waals surface area (Å²) < 4.78 is 12.9. The Morgan fingerprint density at radius 2 is 1.71 bits per heavy atom. The molecule has 1 aromatic carbocycles. The number of carbonyl (C=O) groups is 2. The maximum Gasteiger partial charge on any atom is 0.247 e. The minimum absolute atomic E-state index is 0.0170. The lowest BCUT2D eigenvalue weighted by molar-refractivity contribution is -0.139. The third-order valence-electron chi connectivity index (χ3n) is 7.52. The number of ether oxygens (including phenoxy) is 2. The third-order valence-corrected chi connectivity index (χ3v) is 8.41. The van der Waals surface area contributed by atoms with E-state index in [9.17, 15) is 19.8 Å². The second kappa shape index (κ2) is 21.1. The van der Waals surface area contributed by atoms with E-state index in [0.29, 0.717) is 37.3 Å². The molecule has 3 atom stereocenters. The van der Waals surface area contributed by atoms with E-state index in [2.05, 4.69) is 34.8 Å². The van der Waals surface area contributed by atoms with Crippen LogP contribution in [0.4, 0.5) is 0 Å². The normalized spacial score (nSPS) is 18.5. The van der Waals surface area contributed by atoms with Crippen LogP contribution in [-0.4, -0.2) is 77.6 Å². The number of aliphatic hydroxyl groups is 2. The van der Waals surface area contributed by atoms with Crippen LogP contribution in [0.1, 0.15) is 97.8 Å². The lowest BCUT2D eigenvalue weighted by atomic mass is 9.87. The summed E-state index contributed by atoms with van der Waals surface area (Å²) in [5.74, 6) is 0.260. The molecule has 1 aliphatic carbocycles. The molecule has 3 N–H and O–H groups in total. The molecule has 0 bridgehead atoms. The Morgan fingerprint density at radius 1 is 1.05 bits per heavy atom. The second-order valence-electron chi connectivity index (χ2n) is 11.4. The zero-order valence-electron chi connectivity index (χ0n) is 25.9. The number of benzene rings is 1. The van der Waals surface area contributed by atoms with Gasteiger partial charge in [-0.15, -0.1) is 0 Å². The largest absolute Gasteiger partial charge is 0.482 e. The molecule has 0 radical (unpaired) electrons. The molecular formula is C33H53IN2O6. The van der Waals surface area contributed by atoms with E-state index >= 15 is 0 Å². The molecule has 0 spiro atoms. The summed E-state index contributed by atoms with van der Waals surface area (Å²) in [5.41, 5.74) is 0.439. The maximum atomic E-state index is 13.7. The van der Waals surface area contributed by atoms with Crippen molar-refractivity contribution in [2.24, 2.45) is 0 Å². The Hall–Kier alpha value is -1.69. The van der Waals surface area contributed by atoms with Gasteiger partial charge in [0.15, 0.2) is 0 Å². The Kier molecular flexibility index (Phi) is 18.3. The van der Waals surface area contributed by atoms with Crippen molar-refractivity contribution in [1.82, 2.24) is 10.2 Å². The van der Waals surface area contributed by atoms with E-state index in [0.717, 1.165) is 22.8 Å². The fourth-order valence-electron chi connectivity index (χ4n) is 5.23. The van der Waals surface area contributed by atoms with Crippen molar-refractivity contribution in [3.8, 4) is 5.75 Å². The summed E-state index contributed by atoms with van der Waals surface area (Å²) in [4.78, 5) is 28.4. The van der Waals surface area contributed by atoms with Crippen LogP contribution in [0.25, 0.3) is 0 Å². The zero-order chi connectivity index (χ0) is 30.7. The SMILES string of the molecule is CCCCCCCCCCCC(=O)N(CCCOC(C)C)C1CC(C(=O)NCCO)=CC(Oc2ccccc2I)C1O. The molecule has 1 aromatic rings. The number of amides is 2. The lowest BCUT2D eigenvalue weighted by Gasteiger charge is -2.40. The number of unbranched alkanes of at least 4 members (excludes halogenated alkanes) is 8. The summed E-state index contributed by atoms with van der Waals surface area (Å²) in [6.07, 6.45) is 11.7. The average molecular weight is 701 g/mol. The average Bonchev–Trinajstić information content (AvgIpc) is 2.97. The number of para-hydroxylation sites is 1. The van der Waals surface area contributed by atoms with Gasteiger partial charge in [0.2, 0.25) is 11.8 Å². The monoisotopic (exact) mass is 700 g/mol. The van der Waals surface area contributed by atoms with Crippen LogP contribution >= 0.6 is 22.6 Å². The number of nitrogens with one attached hydrogen (secondary N) is 1. The molecule has 0 aliphatic heterocycles. The molecular weight excluding hydrogens is 647 g/mol. The highest BCUT2D eigenvalue weighted by molar-refractivity contribution is 14.1. The van der Waals surface area contributed by atoms with Crippen molar-refractivity contribution in [3.63, 3.8) is 0 Å². The first-order chi connectivity index (χ1) is 20.3. The smallest absolute Gasteiger partial charge is 0.247 e. The Bertz CT molecular complexity index is 956. The molecule has 0 saturated carbocycles. The Labute approximate surface area is 266 Å². The van der Waals surface area contributed by atoms with Crippen molar-refractivity contribution in [2.75, 3.05) is 26.3 Å². The van der Waals surface area contributed by atoms with Gasteiger partial charge in [-0.2, -0.15) is 0 Å². The molecule has 9 heteroatoms. The van der Waals surface area contributed by atoms with E-state index in [1.165, 1.54) is 38.5 Å². The lowest BCUT2D eigenvalue weighted by Crippen LogP contribution is -2.55. The van der Waals surface area contributed by atoms with Gasteiger partial charge in [-0.3, -0.25) is 9.59 Å². The first-order valence-electron chi connectivity index (χ1n) is 15.9. The van der Waals surface area contributed by atoms with Crippen molar-refractivity contribution >= 4 is 34.4 Å². The van der Waals surface area contributed by atoms with E-state index in [-0.39, 0.29) is 37.5 Å². The highest BCUT2D eigenvalue weighted by Gasteiger charge is 2.40. The number of carbonyl (C=O) groups excluding carboxylic acids is 2. The molecule has 42 heavy (non-hydrogen) atoms. The van der Waals surface area contributed by atoms with Gasteiger partial charge in [-0.1, -0.05) is 70.4 Å². The maximum absolute atomic E-state index is 13.7. The number of nitrogens with zero attached hydrogens (tertiary/aromatic N) is 1. The van der Waals surface area contributed by atoms with Crippen molar-refractivity contribution < 1.29 is 29.3 Å². The standard InChI is InChI=1S/C33H53IN2O6/c1-4-5-6-7-8-9-10-11-12-18-31(38)36(20-15-22-41-25(2)3)28-23-26(33(40)35-19-21-37)24-30(32(28)39)42-29-17-14-13-16-27(29)34/h13-14,16-17,24-25,28,30,32,37,39H,4-12,15,18-23H2,1-3H3,(H,35,40). The second-order valence-corrected chi connectivity index (χ2v) is 12.5. The van der Waals surface area contributed by atoms with E-state index in [4.69, 9.17) is 9.47 Å². The van der Waals surface area contributed by atoms with Gasteiger partial charge in [-0.05, 0) is 67.5 Å². The van der Waals surface area contributed by atoms with Crippen molar-refractivity contribution in [2.45, 2.75) is 122 Å². The molecule has 2 rings (SSSR count). The van der Waals surface area contributed by atoms with Crippen LogP contribution < -0.4 is 10.1 Å². The highest BCUT2D eigenvalue weighted by Crippen LogP contribution is 2.30. The van der Waals surface area contributed by atoms with Crippen molar-refractivity contribution in [3.05, 3.63) is 39.5 Å². The van der Waals surface area contributed by atoms with E-state index in [1.54, 1.807) is 11.0 Å². The molecule has 2 amide bonds. The van der Waals surface area contributed by atoms with Gasteiger partial charge in [-0.25, -0.2) is 0 Å². The third kappa shape index (κ3) is 13.3. The van der Waals surface area contributed by atoms with E-state index < -0.39 is 18.2 Å². The molecule has 0 fully saturated rings. The van der Waals surface area contributed by atoms with Crippen LogP contribution in [0.2, 0.25) is 0 Å². The molecule has 3 unspecified atom stereocenters. The quantitative estimate of drug-likeness (QED) is 0.111. The predicted octanol–water partition coefficient (Wildman–Crippen LogP) is 5.77.